The Morgan fingerprint density at radius 1 is 0.977 bits per heavy atom. The van der Waals surface area contributed by atoms with Gasteiger partial charge in [0.15, 0.2) is 5.82 Å². The van der Waals surface area contributed by atoms with Crippen molar-refractivity contribution in [2.24, 2.45) is 0 Å². The number of nitrogens with zero attached hydrogens (tertiary/aromatic N) is 5. The molecule has 0 radical (unpaired) electrons. The summed E-state index contributed by atoms with van der Waals surface area (Å²) < 4.78 is 42.8. The first-order valence-corrected chi connectivity index (χ1v) is 19.6. The molecule has 2 aromatic heterocycles. The summed E-state index contributed by atoms with van der Waals surface area (Å²) in [5.41, 5.74) is 2.22. The van der Waals surface area contributed by atoms with Crippen LogP contribution in [0.5, 0.6) is 11.5 Å². The van der Waals surface area contributed by atoms with Gasteiger partial charge in [-0.3, -0.25) is 4.57 Å². The zero-order chi connectivity index (χ0) is 31.4. The first-order valence-electron chi connectivity index (χ1n) is 14.0. The van der Waals surface area contributed by atoms with Crippen LogP contribution in [0.25, 0.3) is 17.2 Å². The normalized spacial score (nSPS) is 12.7. The maximum atomic E-state index is 14.2. The number of aromatic nitrogens is 4. The molecule has 0 aliphatic rings. The van der Waals surface area contributed by atoms with E-state index in [0.717, 1.165) is 5.69 Å². The van der Waals surface area contributed by atoms with Crippen LogP contribution >= 0.6 is 11.6 Å². The summed E-state index contributed by atoms with van der Waals surface area (Å²) in [6.45, 7) is 8.64. The Labute approximate surface area is 259 Å². The molecule has 0 saturated heterocycles. The van der Waals surface area contributed by atoms with E-state index in [-0.39, 0.29) is 12.5 Å². The topological polar surface area (TPSA) is 120 Å². The van der Waals surface area contributed by atoms with Crippen LogP contribution in [0.1, 0.15) is 24.3 Å². The van der Waals surface area contributed by atoms with E-state index in [9.17, 15) is 13.5 Å². The minimum atomic E-state index is -4.16. The van der Waals surface area contributed by atoms with Crippen LogP contribution in [-0.4, -0.2) is 67.9 Å². The molecule has 10 nitrogen and oxygen atoms in total. The molecule has 0 bridgehead atoms. The SMILES string of the molecule is CCc1cccc(-c2nnc(N(CC[Si](C)(C)C)S(=O)(=O)C[C@@H](O)c3ccc(Cl)cc3)n2-c2c(OC)cccc2OC)n1. The van der Waals surface area contributed by atoms with Crippen molar-refractivity contribution in [1.82, 2.24) is 19.7 Å². The molecule has 1 N–H and O–H groups in total. The minimum absolute atomic E-state index is 0.0445. The van der Waals surface area contributed by atoms with E-state index < -0.39 is 30.0 Å². The van der Waals surface area contributed by atoms with Crippen LogP contribution in [0.4, 0.5) is 5.95 Å². The summed E-state index contributed by atoms with van der Waals surface area (Å²) in [5.74, 6) is 0.645. The molecule has 1 atom stereocenters. The molecule has 43 heavy (non-hydrogen) atoms. The number of ether oxygens (including phenoxy) is 2. The third-order valence-corrected chi connectivity index (χ3v) is 10.6. The van der Waals surface area contributed by atoms with Crippen molar-refractivity contribution in [2.75, 3.05) is 30.8 Å². The molecule has 0 amide bonds. The van der Waals surface area contributed by atoms with E-state index in [2.05, 4.69) is 29.8 Å². The fourth-order valence-corrected chi connectivity index (χ4v) is 7.22. The lowest BCUT2D eigenvalue weighted by molar-refractivity contribution is 0.201. The summed E-state index contributed by atoms with van der Waals surface area (Å²) in [6, 6.07) is 18.0. The fourth-order valence-electron chi connectivity index (χ4n) is 4.53. The summed E-state index contributed by atoms with van der Waals surface area (Å²) >= 11 is 6.01. The Hall–Kier alpha value is -3.45. The molecule has 13 heteroatoms. The van der Waals surface area contributed by atoms with Gasteiger partial charge in [0.25, 0.3) is 0 Å². The lowest BCUT2D eigenvalue weighted by Crippen LogP contribution is -2.40. The highest BCUT2D eigenvalue weighted by molar-refractivity contribution is 7.92. The molecule has 0 spiro atoms. The average molecular weight is 644 g/mol. The number of benzene rings is 2. The molecular weight excluding hydrogens is 606 g/mol. The smallest absolute Gasteiger partial charge is 0.246 e. The number of aliphatic hydroxyl groups excluding tert-OH is 1. The second-order valence-electron chi connectivity index (χ2n) is 11.3. The van der Waals surface area contributed by atoms with E-state index in [4.69, 9.17) is 26.1 Å². The summed E-state index contributed by atoms with van der Waals surface area (Å²) in [5, 5.41) is 20.5. The van der Waals surface area contributed by atoms with E-state index in [1.807, 2.05) is 19.1 Å². The predicted molar refractivity (Wildman–Crippen MR) is 173 cm³/mol. The van der Waals surface area contributed by atoms with Gasteiger partial charge in [-0.05, 0) is 54.4 Å². The van der Waals surface area contributed by atoms with Gasteiger partial charge in [0.1, 0.15) is 22.9 Å². The molecule has 2 aromatic carbocycles. The zero-order valence-electron chi connectivity index (χ0n) is 25.3. The molecule has 0 saturated carbocycles. The van der Waals surface area contributed by atoms with Crippen molar-refractivity contribution in [3.8, 4) is 28.7 Å². The van der Waals surface area contributed by atoms with Crippen molar-refractivity contribution >= 4 is 35.6 Å². The summed E-state index contributed by atoms with van der Waals surface area (Å²) in [6.07, 6.45) is -0.595. The van der Waals surface area contributed by atoms with Crippen LogP contribution in [-0.2, 0) is 16.4 Å². The van der Waals surface area contributed by atoms with E-state index in [0.29, 0.717) is 51.8 Å². The second-order valence-corrected chi connectivity index (χ2v) is 19.3. The van der Waals surface area contributed by atoms with Crippen LogP contribution < -0.4 is 13.8 Å². The van der Waals surface area contributed by atoms with E-state index >= 15 is 0 Å². The average Bonchev–Trinajstić information content (AvgIpc) is 3.40. The van der Waals surface area contributed by atoms with Crippen molar-refractivity contribution < 1.29 is 23.0 Å². The molecule has 0 unspecified atom stereocenters. The monoisotopic (exact) mass is 643 g/mol. The van der Waals surface area contributed by atoms with Crippen LogP contribution in [0.2, 0.25) is 30.7 Å². The molecule has 4 rings (SSSR count). The second kappa shape index (κ2) is 13.5. The third-order valence-electron chi connectivity index (χ3n) is 6.92. The summed E-state index contributed by atoms with van der Waals surface area (Å²) in [4.78, 5) is 4.76. The van der Waals surface area contributed by atoms with Gasteiger partial charge in [-0.25, -0.2) is 17.7 Å². The van der Waals surface area contributed by atoms with Crippen molar-refractivity contribution in [2.45, 2.75) is 45.1 Å². The largest absolute Gasteiger partial charge is 0.494 e. The van der Waals surface area contributed by atoms with Crippen molar-refractivity contribution in [1.29, 1.82) is 0 Å². The number of sulfonamides is 1. The fraction of sp³-hybridized carbons (Fsp3) is 0.367. The number of hydrogen-bond donors (Lipinski definition) is 1. The van der Waals surface area contributed by atoms with Crippen LogP contribution in [0.15, 0.2) is 60.7 Å². The Balaban J connectivity index is 1.95. The quantitative estimate of drug-likeness (QED) is 0.182. The lowest BCUT2D eigenvalue weighted by Gasteiger charge is -2.28. The Kier molecular flexibility index (Phi) is 10.2. The van der Waals surface area contributed by atoms with Gasteiger partial charge in [0.2, 0.25) is 16.0 Å². The first-order chi connectivity index (χ1) is 20.4. The maximum absolute atomic E-state index is 14.2. The van der Waals surface area contributed by atoms with Gasteiger partial charge < -0.3 is 14.6 Å². The van der Waals surface area contributed by atoms with Gasteiger partial charge in [-0.1, -0.05) is 62.4 Å². The summed E-state index contributed by atoms with van der Waals surface area (Å²) in [7, 11) is -2.85. The van der Waals surface area contributed by atoms with E-state index in [1.165, 1.54) is 18.5 Å². The van der Waals surface area contributed by atoms with Gasteiger partial charge >= 0.3 is 0 Å². The molecule has 2 heterocycles. The standard InChI is InChI=1S/C30H38ClN5O5SSi/c1-7-23-10-8-11-24(32-23)29-33-34-30(36(29)28-26(40-2)12-9-13-27(28)41-3)35(18-19-43(4,5)6)42(38,39)20-25(37)21-14-16-22(31)17-15-21/h8-17,25,37H,7,18-20H2,1-6H3/t25-/m1/s1. The number of aryl methyl sites for hydroxylation is 1. The molecule has 0 aliphatic heterocycles. The zero-order valence-corrected chi connectivity index (χ0v) is 27.9. The van der Waals surface area contributed by atoms with Gasteiger partial charge in [-0.15, -0.1) is 10.2 Å². The number of methoxy groups -OCH3 is 2. The number of hydrogen-bond acceptors (Lipinski definition) is 8. The number of rotatable bonds is 13. The Bertz CT molecular complexity index is 1640. The van der Waals surface area contributed by atoms with Gasteiger partial charge in [0, 0.05) is 25.3 Å². The Morgan fingerprint density at radius 3 is 2.19 bits per heavy atom. The lowest BCUT2D eigenvalue weighted by atomic mass is 10.1. The van der Waals surface area contributed by atoms with E-state index in [1.54, 1.807) is 53.1 Å². The minimum Gasteiger partial charge on any atom is -0.494 e. The van der Waals surface area contributed by atoms with Gasteiger partial charge in [0.05, 0.1) is 26.1 Å². The number of anilines is 1. The number of aliphatic hydroxyl groups is 1. The maximum Gasteiger partial charge on any atom is 0.246 e. The number of pyridine rings is 1. The third kappa shape index (κ3) is 7.56. The first kappa shape index (κ1) is 32.5. The molecular formula is C30H38ClN5O5SSi. The number of halogens is 1. The molecule has 0 fully saturated rings. The predicted octanol–water partition coefficient (Wildman–Crippen LogP) is 5.77. The number of para-hydroxylation sites is 1. The Morgan fingerprint density at radius 2 is 1.60 bits per heavy atom. The van der Waals surface area contributed by atoms with Gasteiger partial charge in [-0.2, -0.15) is 0 Å². The molecule has 0 aliphatic carbocycles. The van der Waals surface area contributed by atoms with Crippen molar-refractivity contribution in [3.05, 3.63) is 76.9 Å². The highest BCUT2D eigenvalue weighted by atomic mass is 35.5. The highest BCUT2D eigenvalue weighted by Crippen LogP contribution is 2.39. The molecule has 230 valence electrons. The van der Waals surface area contributed by atoms with Crippen LogP contribution in [0, 0.1) is 0 Å². The van der Waals surface area contributed by atoms with Crippen molar-refractivity contribution in [3.63, 3.8) is 0 Å². The highest BCUT2D eigenvalue weighted by Gasteiger charge is 2.34. The van der Waals surface area contributed by atoms with Crippen LogP contribution in [0.3, 0.4) is 0 Å². The molecule has 4 aromatic rings.